The topological polar surface area (TPSA) is 59.6 Å². The Bertz CT molecular complexity index is 561. The molecule has 110 valence electrons. The number of halogens is 1. The van der Waals surface area contributed by atoms with Gasteiger partial charge in [-0.1, -0.05) is 29.8 Å². The third kappa shape index (κ3) is 5.72. The lowest BCUT2D eigenvalue weighted by molar-refractivity contribution is 0.0452. The summed E-state index contributed by atoms with van der Waals surface area (Å²) < 4.78 is 5.41. The highest BCUT2D eigenvalue weighted by Crippen LogP contribution is 2.13. The number of urea groups is 1. The number of anilines is 1. The summed E-state index contributed by atoms with van der Waals surface area (Å²) in [6.07, 6.45) is 0. The number of hydrogen-bond donors (Lipinski definition) is 2. The van der Waals surface area contributed by atoms with Gasteiger partial charge in [0, 0.05) is 10.7 Å². The molecule has 0 aromatic heterocycles. The summed E-state index contributed by atoms with van der Waals surface area (Å²) in [5, 5.41) is 3.21. The molecule has 5 nitrogen and oxygen atoms in total. The van der Waals surface area contributed by atoms with E-state index in [4.69, 9.17) is 21.2 Å². The molecule has 0 saturated carbocycles. The standard InChI is InChI=1S/C15H15ClN2O3/c16-12-6-8-13(9-7-12)17-15(19)18-21-11-10-20-14-4-2-1-3-5-14/h1-9H,10-11H2,(H2,17,18,19). The zero-order valence-corrected chi connectivity index (χ0v) is 12.0. The van der Waals surface area contributed by atoms with Gasteiger partial charge in [0.15, 0.2) is 0 Å². The van der Waals surface area contributed by atoms with Crippen molar-refractivity contribution in [2.45, 2.75) is 0 Å². The second kappa shape index (κ2) is 8.14. The van der Waals surface area contributed by atoms with Gasteiger partial charge in [0.25, 0.3) is 0 Å². The highest BCUT2D eigenvalue weighted by molar-refractivity contribution is 6.30. The smallest absolute Gasteiger partial charge is 0.343 e. The van der Waals surface area contributed by atoms with Crippen LogP contribution in [0.25, 0.3) is 0 Å². The normalized spacial score (nSPS) is 9.95. The van der Waals surface area contributed by atoms with E-state index in [1.165, 1.54) is 0 Å². The van der Waals surface area contributed by atoms with Gasteiger partial charge < -0.3 is 10.1 Å². The first-order chi connectivity index (χ1) is 10.2. The summed E-state index contributed by atoms with van der Waals surface area (Å²) in [5.74, 6) is 0.756. The Labute approximate surface area is 127 Å². The highest BCUT2D eigenvalue weighted by atomic mass is 35.5. The summed E-state index contributed by atoms with van der Waals surface area (Å²) in [7, 11) is 0. The van der Waals surface area contributed by atoms with Crippen LogP contribution in [0.2, 0.25) is 5.02 Å². The minimum Gasteiger partial charge on any atom is -0.491 e. The Morgan fingerprint density at radius 2 is 1.71 bits per heavy atom. The fraction of sp³-hybridized carbons (Fsp3) is 0.133. The van der Waals surface area contributed by atoms with Crippen molar-refractivity contribution in [2.24, 2.45) is 0 Å². The van der Waals surface area contributed by atoms with Gasteiger partial charge >= 0.3 is 6.03 Å². The Hall–Kier alpha value is -2.24. The molecule has 2 aromatic carbocycles. The van der Waals surface area contributed by atoms with E-state index >= 15 is 0 Å². The fourth-order valence-corrected chi connectivity index (χ4v) is 1.65. The van der Waals surface area contributed by atoms with Gasteiger partial charge in [0.2, 0.25) is 0 Å². The molecule has 0 aliphatic carbocycles. The molecule has 0 aliphatic heterocycles. The first-order valence-electron chi connectivity index (χ1n) is 6.36. The van der Waals surface area contributed by atoms with Crippen molar-refractivity contribution in [3.05, 3.63) is 59.6 Å². The van der Waals surface area contributed by atoms with Crippen molar-refractivity contribution in [3.8, 4) is 5.75 Å². The fourth-order valence-electron chi connectivity index (χ4n) is 1.52. The maximum Gasteiger partial charge on any atom is 0.343 e. The van der Waals surface area contributed by atoms with Crippen molar-refractivity contribution in [2.75, 3.05) is 18.5 Å². The van der Waals surface area contributed by atoms with Gasteiger partial charge in [-0.2, -0.15) is 0 Å². The van der Waals surface area contributed by atoms with Crippen LogP contribution in [-0.4, -0.2) is 19.2 Å². The number of carbonyl (C=O) groups is 1. The molecule has 0 unspecified atom stereocenters. The minimum atomic E-state index is -0.461. The van der Waals surface area contributed by atoms with E-state index in [1.54, 1.807) is 24.3 Å². The summed E-state index contributed by atoms with van der Waals surface area (Å²) >= 11 is 5.75. The number of benzene rings is 2. The van der Waals surface area contributed by atoms with Crippen LogP contribution in [0.4, 0.5) is 10.5 Å². The Morgan fingerprint density at radius 3 is 2.43 bits per heavy atom. The number of hydrogen-bond acceptors (Lipinski definition) is 3. The predicted octanol–water partition coefficient (Wildman–Crippen LogP) is 3.47. The molecule has 2 aromatic rings. The van der Waals surface area contributed by atoms with E-state index in [0.717, 1.165) is 5.75 Å². The largest absolute Gasteiger partial charge is 0.491 e. The number of amides is 2. The molecule has 0 spiro atoms. The minimum absolute atomic E-state index is 0.239. The van der Waals surface area contributed by atoms with Crippen LogP contribution in [-0.2, 0) is 4.84 Å². The van der Waals surface area contributed by atoms with Gasteiger partial charge in [-0.3, -0.25) is 4.84 Å². The molecule has 2 rings (SSSR count). The molecule has 21 heavy (non-hydrogen) atoms. The Morgan fingerprint density at radius 1 is 1.00 bits per heavy atom. The molecule has 0 fully saturated rings. The average molecular weight is 307 g/mol. The highest BCUT2D eigenvalue weighted by Gasteiger charge is 2.01. The van der Waals surface area contributed by atoms with Crippen LogP contribution in [0.5, 0.6) is 5.75 Å². The first-order valence-corrected chi connectivity index (χ1v) is 6.74. The second-order valence-electron chi connectivity index (χ2n) is 4.07. The van der Waals surface area contributed by atoms with Crippen LogP contribution in [0.3, 0.4) is 0 Å². The van der Waals surface area contributed by atoms with Crippen molar-refractivity contribution in [1.29, 1.82) is 0 Å². The monoisotopic (exact) mass is 306 g/mol. The number of nitrogens with one attached hydrogen (secondary N) is 2. The van der Waals surface area contributed by atoms with E-state index in [2.05, 4.69) is 10.8 Å². The number of carbonyl (C=O) groups excluding carboxylic acids is 1. The second-order valence-corrected chi connectivity index (χ2v) is 4.51. The van der Waals surface area contributed by atoms with Gasteiger partial charge in [0.05, 0.1) is 0 Å². The van der Waals surface area contributed by atoms with E-state index in [1.807, 2.05) is 30.3 Å². The summed E-state index contributed by atoms with van der Waals surface area (Å²) in [5.41, 5.74) is 2.89. The number of para-hydroxylation sites is 1. The third-order valence-electron chi connectivity index (χ3n) is 2.46. The zero-order valence-electron chi connectivity index (χ0n) is 11.2. The van der Waals surface area contributed by atoms with Crippen LogP contribution in [0.15, 0.2) is 54.6 Å². The van der Waals surface area contributed by atoms with Crippen LogP contribution < -0.4 is 15.5 Å². The maximum absolute atomic E-state index is 11.5. The van der Waals surface area contributed by atoms with Gasteiger partial charge in [-0.15, -0.1) is 0 Å². The molecule has 0 atom stereocenters. The van der Waals surface area contributed by atoms with E-state index in [0.29, 0.717) is 17.3 Å². The van der Waals surface area contributed by atoms with Crippen LogP contribution in [0.1, 0.15) is 0 Å². The lowest BCUT2D eigenvalue weighted by Gasteiger charge is -2.09. The summed E-state index contributed by atoms with van der Waals surface area (Å²) in [4.78, 5) is 16.5. The average Bonchev–Trinajstić information content (AvgIpc) is 2.50. The van der Waals surface area contributed by atoms with Gasteiger partial charge in [-0.05, 0) is 36.4 Å². The van der Waals surface area contributed by atoms with Crippen molar-refractivity contribution in [1.82, 2.24) is 5.48 Å². The van der Waals surface area contributed by atoms with E-state index < -0.39 is 6.03 Å². The third-order valence-corrected chi connectivity index (χ3v) is 2.72. The quantitative estimate of drug-likeness (QED) is 0.634. The molecule has 0 aliphatic rings. The zero-order chi connectivity index (χ0) is 14.9. The van der Waals surface area contributed by atoms with E-state index in [9.17, 15) is 4.79 Å². The van der Waals surface area contributed by atoms with E-state index in [-0.39, 0.29) is 6.61 Å². The lowest BCUT2D eigenvalue weighted by Crippen LogP contribution is -2.30. The van der Waals surface area contributed by atoms with Crippen molar-refractivity contribution in [3.63, 3.8) is 0 Å². The molecule has 2 N–H and O–H groups in total. The molecule has 0 heterocycles. The summed E-state index contributed by atoms with van der Waals surface area (Å²) in [6.45, 7) is 0.578. The Kier molecular flexibility index (Phi) is 5.87. The van der Waals surface area contributed by atoms with Crippen LogP contribution in [0, 0.1) is 0 Å². The number of ether oxygens (including phenoxy) is 1. The molecule has 0 radical (unpaired) electrons. The van der Waals surface area contributed by atoms with Crippen molar-refractivity contribution >= 4 is 23.3 Å². The molecular formula is C15H15ClN2O3. The van der Waals surface area contributed by atoms with Gasteiger partial charge in [-0.25, -0.2) is 10.3 Å². The first kappa shape index (κ1) is 15.2. The molecule has 6 heteroatoms. The number of hydroxylamine groups is 1. The SMILES string of the molecule is O=C(NOCCOc1ccccc1)Nc1ccc(Cl)cc1. The molecular weight excluding hydrogens is 292 g/mol. The molecule has 0 bridgehead atoms. The van der Waals surface area contributed by atoms with Crippen molar-refractivity contribution < 1.29 is 14.4 Å². The Balaban J connectivity index is 1.60. The lowest BCUT2D eigenvalue weighted by atomic mass is 10.3. The van der Waals surface area contributed by atoms with Gasteiger partial charge in [0.1, 0.15) is 19.0 Å². The predicted molar refractivity (Wildman–Crippen MR) is 81.5 cm³/mol. The number of rotatable bonds is 6. The van der Waals surface area contributed by atoms with Crippen LogP contribution >= 0.6 is 11.6 Å². The molecule has 0 saturated heterocycles. The maximum atomic E-state index is 11.5. The summed E-state index contributed by atoms with van der Waals surface area (Å²) in [6, 6.07) is 15.7. The molecule has 2 amide bonds.